The summed E-state index contributed by atoms with van der Waals surface area (Å²) in [5.41, 5.74) is 6.40. The van der Waals surface area contributed by atoms with Crippen LogP contribution in [0.4, 0.5) is 0 Å². The van der Waals surface area contributed by atoms with Gasteiger partial charge in [0.25, 0.3) is 0 Å². The maximum Gasteiger partial charge on any atom is 0.0328 e. The second-order valence-electron chi connectivity index (χ2n) is 5.16. The number of thiophene rings is 1. The normalized spacial score (nSPS) is 20.0. The van der Waals surface area contributed by atoms with Gasteiger partial charge in [0.1, 0.15) is 0 Å². The lowest BCUT2D eigenvalue weighted by Crippen LogP contribution is -2.49. The molecule has 0 saturated heterocycles. The van der Waals surface area contributed by atoms with Crippen LogP contribution in [-0.2, 0) is 6.54 Å². The molecule has 1 atom stereocenters. The van der Waals surface area contributed by atoms with Crippen molar-refractivity contribution in [1.82, 2.24) is 4.90 Å². The minimum atomic E-state index is 0.00721. The van der Waals surface area contributed by atoms with Gasteiger partial charge in [-0.15, -0.1) is 11.3 Å². The summed E-state index contributed by atoms with van der Waals surface area (Å²) in [6, 6.07) is 4.33. The van der Waals surface area contributed by atoms with Crippen LogP contribution in [0.15, 0.2) is 17.5 Å². The average Bonchev–Trinajstić information content (AvgIpc) is 2.99. The lowest BCUT2D eigenvalue weighted by atomic mass is 9.96. The van der Waals surface area contributed by atoms with Gasteiger partial charge in [-0.3, -0.25) is 4.90 Å². The molecule has 2 N–H and O–H groups in total. The molecule has 1 aliphatic rings. The molecule has 1 aliphatic carbocycles. The Hall–Kier alpha value is -0.380. The smallest absolute Gasteiger partial charge is 0.0328 e. The highest BCUT2D eigenvalue weighted by Gasteiger charge is 2.39. The molecule has 2 nitrogen and oxygen atoms in total. The summed E-state index contributed by atoms with van der Waals surface area (Å²) in [6.45, 7) is 7.58. The monoisotopic (exact) mass is 238 g/mol. The van der Waals surface area contributed by atoms with Crippen molar-refractivity contribution in [2.24, 2.45) is 11.7 Å². The van der Waals surface area contributed by atoms with Crippen molar-refractivity contribution in [2.75, 3.05) is 13.1 Å². The first-order valence-corrected chi connectivity index (χ1v) is 7.03. The Balaban J connectivity index is 1.90. The van der Waals surface area contributed by atoms with E-state index < -0.39 is 0 Å². The second kappa shape index (κ2) is 4.86. The molecule has 0 amide bonds. The van der Waals surface area contributed by atoms with Gasteiger partial charge in [0, 0.05) is 23.5 Å². The van der Waals surface area contributed by atoms with Crippen molar-refractivity contribution >= 4 is 11.3 Å². The Morgan fingerprint density at radius 1 is 1.56 bits per heavy atom. The second-order valence-corrected chi connectivity index (χ2v) is 6.19. The summed E-state index contributed by atoms with van der Waals surface area (Å²) in [5.74, 6) is 0.755. The van der Waals surface area contributed by atoms with Crippen molar-refractivity contribution in [3.05, 3.63) is 22.4 Å². The van der Waals surface area contributed by atoms with Gasteiger partial charge in [-0.25, -0.2) is 0 Å². The molecule has 3 heteroatoms. The SMILES string of the molecule is CCN(Cc1cccs1)CC(C)(N)C1CC1. The van der Waals surface area contributed by atoms with Crippen LogP contribution in [0.5, 0.6) is 0 Å². The highest BCUT2D eigenvalue weighted by Crippen LogP contribution is 2.38. The molecule has 16 heavy (non-hydrogen) atoms. The molecule has 0 bridgehead atoms. The van der Waals surface area contributed by atoms with E-state index in [1.54, 1.807) is 0 Å². The van der Waals surface area contributed by atoms with Gasteiger partial charge >= 0.3 is 0 Å². The van der Waals surface area contributed by atoms with Gasteiger partial charge in [0.2, 0.25) is 0 Å². The molecule has 0 aromatic carbocycles. The summed E-state index contributed by atoms with van der Waals surface area (Å²) < 4.78 is 0. The van der Waals surface area contributed by atoms with E-state index in [1.165, 1.54) is 17.7 Å². The van der Waals surface area contributed by atoms with Crippen molar-refractivity contribution in [3.63, 3.8) is 0 Å². The number of hydrogen-bond donors (Lipinski definition) is 1. The first-order valence-electron chi connectivity index (χ1n) is 6.15. The third-order valence-electron chi connectivity index (χ3n) is 3.48. The molecule has 1 heterocycles. The number of likely N-dealkylation sites (N-methyl/N-ethyl adjacent to an activating group) is 1. The first-order chi connectivity index (χ1) is 7.62. The van der Waals surface area contributed by atoms with E-state index in [0.717, 1.165) is 25.6 Å². The zero-order valence-electron chi connectivity index (χ0n) is 10.3. The summed E-state index contributed by atoms with van der Waals surface area (Å²) in [7, 11) is 0. The topological polar surface area (TPSA) is 29.3 Å². The van der Waals surface area contributed by atoms with Crippen LogP contribution in [0.2, 0.25) is 0 Å². The molecule has 0 radical (unpaired) electrons. The van der Waals surface area contributed by atoms with E-state index in [2.05, 4.69) is 36.3 Å². The Morgan fingerprint density at radius 3 is 2.81 bits per heavy atom. The fraction of sp³-hybridized carbons (Fsp3) is 0.692. The number of nitrogens with two attached hydrogens (primary N) is 1. The number of nitrogens with zero attached hydrogens (tertiary/aromatic N) is 1. The maximum absolute atomic E-state index is 6.39. The van der Waals surface area contributed by atoms with Gasteiger partial charge in [0.15, 0.2) is 0 Å². The molecule has 1 aromatic rings. The predicted molar refractivity (Wildman–Crippen MR) is 70.6 cm³/mol. The summed E-state index contributed by atoms with van der Waals surface area (Å²) in [6.07, 6.45) is 2.65. The molecule has 2 rings (SSSR count). The Bertz CT molecular complexity index is 315. The van der Waals surface area contributed by atoms with Crippen LogP contribution in [0.3, 0.4) is 0 Å². The average molecular weight is 238 g/mol. The Kier molecular flexibility index (Phi) is 3.67. The van der Waals surface area contributed by atoms with Gasteiger partial charge in [-0.1, -0.05) is 13.0 Å². The van der Waals surface area contributed by atoms with E-state index in [4.69, 9.17) is 5.73 Å². The molecule has 1 fully saturated rings. The lowest BCUT2D eigenvalue weighted by Gasteiger charge is -2.31. The van der Waals surface area contributed by atoms with Crippen molar-refractivity contribution in [2.45, 2.75) is 38.8 Å². The largest absolute Gasteiger partial charge is 0.324 e. The summed E-state index contributed by atoms with van der Waals surface area (Å²) in [5, 5.41) is 2.14. The molecule has 90 valence electrons. The maximum atomic E-state index is 6.39. The number of hydrogen-bond acceptors (Lipinski definition) is 3. The van der Waals surface area contributed by atoms with E-state index in [-0.39, 0.29) is 5.54 Å². The molecule has 1 aromatic heterocycles. The lowest BCUT2D eigenvalue weighted by molar-refractivity contribution is 0.205. The fourth-order valence-electron chi connectivity index (χ4n) is 2.26. The highest BCUT2D eigenvalue weighted by molar-refractivity contribution is 7.09. The molecular formula is C13H22N2S. The van der Waals surface area contributed by atoms with Crippen LogP contribution in [-0.4, -0.2) is 23.5 Å². The molecule has 0 spiro atoms. The summed E-state index contributed by atoms with van der Waals surface area (Å²) in [4.78, 5) is 3.90. The predicted octanol–water partition coefficient (Wildman–Crippen LogP) is 2.70. The molecular weight excluding hydrogens is 216 g/mol. The van der Waals surface area contributed by atoms with Gasteiger partial charge in [-0.05, 0) is 43.7 Å². The quantitative estimate of drug-likeness (QED) is 0.825. The van der Waals surface area contributed by atoms with Crippen LogP contribution < -0.4 is 5.73 Å². The standard InChI is InChI=1S/C13H22N2S/c1-3-15(9-12-5-4-8-16-12)10-13(2,14)11-6-7-11/h4-5,8,11H,3,6-7,9-10,14H2,1-2H3. The van der Waals surface area contributed by atoms with Gasteiger partial charge in [0.05, 0.1) is 0 Å². The van der Waals surface area contributed by atoms with Crippen LogP contribution in [0.1, 0.15) is 31.6 Å². The third-order valence-corrected chi connectivity index (χ3v) is 4.34. The number of rotatable bonds is 6. The van der Waals surface area contributed by atoms with Crippen LogP contribution in [0.25, 0.3) is 0 Å². The highest BCUT2D eigenvalue weighted by atomic mass is 32.1. The third kappa shape index (κ3) is 3.06. The summed E-state index contributed by atoms with van der Waals surface area (Å²) >= 11 is 1.83. The zero-order chi connectivity index (χ0) is 11.6. The van der Waals surface area contributed by atoms with E-state index in [1.807, 2.05) is 11.3 Å². The van der Waals surface area contributed by atoms with Gasteiger partial charge in [-0.2, -0.15) is 0 Å². The molecule has 0 aliphatic heterocycles. The minimum Gasteiger partial charge on any atom is -0.324 e. The fourth-order valence-corrected chi connectivity index (χ4v) is 3.00. The van der Waals surface area contributed by atoms with Crippen LogP contribution in [0, 0.1) is 5.92 Å². The Labute approximate surface area is 102 Å². The van der Waals surface area contributed by atoms with Crippen molar-refractivity contribution < 1.29 is 0 Å². The first kappa shape index (κ1) is 12.1. The zero-order valence-corrected chi connectivity index (χ0v) is 11.1. The van der Waals surface area contributed by atoms with E-state index in [9.17, 15) is 0 Å². The van der Waals surface area contributed by atoms with Gasteiger partial charge < -0.3 is 5.73 Å². The molecule has 1 saturated carbocycles. The van der Waals surface area contributed by atoms with Crippen molar-refractivity contribution in [3.8, 4) is 0 Å². The van der Waals surface area contributed by atoms with E-state index >= 15 is 0 Å². The minimum absolute atomic E-state index is 0.00721. The van der Waals surface area contributed by atoms with Crippen LogP contribution >= 0.6 is 11.3 Å². The van der Waals surface area contributed by atoms with E-state index in [0.29, 0.717) is 0 Å². The molecule has 1 unspecified atom stereocenters. The Morgan fingerprint density at radius 2 is 2.31 bits per heavy atom. The van der Waals surface area contributed by atoms with Crippen molar-refractivity contribution in [1.29, 1.82) is 0 Å².